The van der Waals surface area contributed by atoms with Crippen molar-refractivity contribution >= 4 is 33.2 Å². The predicted molar refractivity (Wildman–Crippen MR) is 185 cm³/mol. The first-order valence-corrected chi connectivity index (χ1v) is 19.3. The summed E-state index contributed by atoms with van der Waals surface area (Å²) in [7, 11) is 0.289. The normalized spacial score (nSPS) is 30.5. The zero-order valence-electron chi connectivity index (χ0n) is 28.0. The molecule has 2 aromatic rings. The van der Waals surface area contributed by atoms with Gasteiger partial charge >= 0.3 is 0 Å². The molecule has 47 heavy (non-hydrogen) atoms. The molecule has 1 amide bonds. The molecular weight excluding hydrogens is 638 g/mol. The number of fused-ring (bicyclic) bond motifs is 3. The molecule has 0 radical (unpaired) electrons. The average Bonchev–Trinajstić information content (AvgIpc) is 3.04. The molecule has 3 heterocycles. The quantitative estimate of drug-likeness (QED) is 0.418. The fourth-order valence-corrected chi connectivity index (χ4v) is 9.35. The van der Waals surface area contributed by atoms with Crippen molar-refractivity contribution in [3.05, 3.63) is 58.1 Å². The van der Waals surface area contributed by atoms with Gasteiger partial charge in [0.15, 0.2) is 6.29 Å². The van der Waals surface area contributed by atoms with Crippen LogP contribution in [0.2, 0.25) is 5.02 Å². The summed E-state index contributed by atoms with van der Waals surface area (Å²) in [5, 5.41) is 0.721. The van der Waals surface area contributed by atoms with Crippen molar-refractivity contribution in [3.63, 3.8) is 0 Å². The van der Waals surface area contributed by atoms with E-state index in [1.807, 2.05) is 37.3 Å². The number of ether oxygens (including phenoxy) is 3. The maximum Gasteiger partial charge on any atom is 0.264 e. The molecule has 3 aliphatic heterocycles. The van der Waals surface area contributed by atoms with E-state index in [2.05, 4.69) is 28.6 Å². The molecule has 6 rings (SSSR count). The van der Waals surface area contributed by atoms with Crippen molar-refractivity contribution in [1.82, 2.24) is 9.62 Å². The number of halogens is 1. The van der Waals surface area contributed by atoms with Crippen molar-refractivity contribution in [3.8, 4) is 5.75 Å². The van der Waals surface area contributed by atoms with Gasteiger partial charge in [-0.2, -0.15) is 0 Å². The third kappa shape index (κ3) is 8.44. The molecule has 2 fully saturated rings. The minimum absolute atomic E-state index is 0.0913. The van der Waals surface area contributed by atoms with Gasteiger partial charge in [-0.15, -0.1) is 0 Å². The van der Waals surface area contributed by atoms with E-state index >= 15 is 0 Å². The van der Waals surface area contributed by atoms with E-state index in [9.17, 15) is 13.2 Å². The Labute approximate surface area is 285 Å². The minimum Gasteiger partial charge on any atom is -0.487 e. The Kier molecular flexibility index (Phi) is 11.0. The van der Waals surface area contributed by atoms with Gasteiger partial charge in [0.1, 0.15) is 12.4 Å². The number of sulfonamides is 1. The largest absolute Gasteiger partial charge is 0.487 e. The highest BCUT2D eigenvalue weighted by atomic mass is 35.5. The Hall–Kier alpha value is -2.37. The Morgan fingerprint density at radius 2 is 1.74 bits per heavy atom. The number of hydrogen-bond acceptors (Lipinski definition) is 8. The van der Waals surface area contributed by atoms with Crippen LogP contribution in [0.15, 0.2) is 36.4 Å². The second-order valence-electron chi connectivity index (χ2n) is 14.4. The maximum absolute atomic E-state index is 13.4. The smallest absolute Gasteiger partial charge is 0.264 e. The lowest BCUT2D eigenvalue weighted by Crippen LogP contribution is -2.50. The zero-order chi connectivity index (χ0) is 33.1. The van der Waals surface area contributed by atoms with E-state index in [0.717, 1.165) is 80.7 Å². The summed E-state index contributed by atoms with van der Waals surface area (Å²) in [4.78, 5) is 17.9. The lowest BCUT2D eigenvalue weighted by molar-refractivity contribution is -0.240. The molecule has 0 unspecified atom stereocenters. The number of amides is 1. The van der Waals surface area contributed by atoms with Gasteiger partial charge in [0, 0.05) is 29.6 Å². The van der Waals surface area contributed by atoms with Crippen LogP contribution in [0.4, 0.5) is 5.69 Å². The van der Waals surface area contributed by atoms with E-state index in [1.54, 1.807) is 6.07 Å². The number of nitrogens with zero attached hydrogens (tertiary/aromatic N) is 2. The van der Waals surface area contributed by atoms with Gasteiger partial charge in [-0.25, -0.2) is 13.1 Å². The fourth-order valence-electron chi connectivity index (χ4n) is 7.75. The maximum atomic E-state index is 13.4. The van der Waals surface area contributed by atoms with Crippen LogP contribution in [0.5, 0.6) is 5.75 Å². The van der Waals surface area contributed by atoms with E-state index < -0.39 is 15.9 Å². The topological polar surface area (TPSA) is 97.4 Å². The molecule has 0 aromatic heterocycles. The van der Waals surface area contributed by atoms with Gasteiger partial charge in [-0.3, -0.25) is 4.79 Å². The van der Waals surface area contributed by atoms with Crippen LogP contribution in [0.1, 0.15) is 73.4 Å². The van der Waals surface area contributed by atoms with Gasteiger partial charge in [-0.05, 0) is 118 Å². The lowest BCUT2D eigenvalue weighted by atomic mass is 9.65. The molecule has 1 aliphatic carbocycles. The first-order chi connectivity index (χ1) is 22.6. The number of rotatable bonds is 2. The second kappa shape index (κ2) is 15.0. The summed E-state index contributed by atoms with van der Waals surface area (Å²) in [6.45, 7) is 5.24. The van der Waals surface area contributed by atoms with Crippen LogP contribution in [-0.2, 0) is 32.5 Å². The fraction of sp³-hybridized carbons (Fsp3) is 0.639. The Morgan fingerprint density at radius 1 is 0.936 bits per heavy atom. The Morgan fingerprint density at radius 3 is 2.49 bits per heavy atom. The summed E-state index contributed by atoms with van der Waals surface area (Å²) in [5.41, 5.74) is 3.43. The van der Waals surface area contributed by atoms with Gasteiger partial charge < -0.3 is 24.0 Å². The molecular formula is C36H50ClN3O6S. The third-order valence-corrected chi connectivity index (χ3v) is 12.4. The number of nitrogens with one attached hydrogen (secondary N) is 1. The third-order valence-electron chi connectivity index (χ3n) is 10.7. The van der Waals surface area contributed by atoms with Gasteiger partial charge in [0.2, 0.25) is 10.0 Å². The van der Waals surface area contributed by atoms with Crippen molar-refractivity contribution < 1.29 is 27.4 Å². The van der Waals surface area contributed by atoms with E-state index in [1.165, 1.54) is 5.56 Å². The number of hydrogen-bond donors (Lipinski definition) is 1. The highest BCUT2D eigenvalue weighted by Crippen LogP contribution is 2.46. The lowest BCUT2D eigenvalue weighted by Gasteiger charge is -2.48. The Balaban J connectivity index is 1.33. The summed E-state index contributed by atoms with van der Waals surface area (Å²) in [6.07, 6.45) is 7.39. The van der Waals surface area contributed by atoms with E-state index in [-0.39, 0.29) is 29.9 Å². The molecule has 4 aliphatic rings. The van der Waals surface area contributed by atoms with Crippen molar-refractivity contribution in [1.29, 1.82) is 0 Å². The van der Waals surface area contributed by atoms with Crippen LogP contribution >= 0.6 is 11.6 Å². The van der Waals surface area contributed by atoms with Crippen LogP contribution < -0.4 is 14.4 Å². The van der Waals surface area contributed by atoms with Crippen LogP contribution in [0.25, 0.3) is 0 Å². The molecule has 4 atom stereocenters. The number of benzene rings is 2. The standard InChI is InChI=1S/C36H50ClN3O6S/c1-24-7-6-9-32(36-45-21-30(22-46-36)39(2)3)31-14-11-27(31)19-40-16-5-4-8-25-17-29(37)13-10-28(25)20-44-34-15-12-26(18-33(34)40)35(41)38-47(42,43)23-24/h10,12-13,15,17-18,24,27,30-32,36H,4-9,11,14,16,19-23H2,1-3H3,(H,38,41)/t24-,27-,30-,31+,32-,36+/m0/s1. The van der Waals surface area contributed by atoms with Crippen LogP contribution in [-0.4, -0.2) is 77.7 Å². The highest BCUT2D eigenvalue weighted by Gasteiger charge is 2.43. The minimum atomic E-state index is -3.82. The molecule has 1 saturated carbocycles. The molecule has 2 bridgehead atoms. The number of carbonyl (C=O) groups excluding carboxylic acids is 1. The number of aryl methyl sites for hydroxylation is 1. The van der Waals surface area contributed by atoms with Crippen molar-refractivity contribution in [2.24, 2.45) is 23.7 Å². The predicted octanol–water partition coefficient (Wildman–Crippen LogP) is 5.89. The van der Waals surface area contributed by atoms with Crippen molar-refractivity contribution in [2.45, 2.75) is 77.2 Å². The summed E-state index contributed by atoms with van der Waals surface area (Å²) in [6, 6.07) is 11.5. The SMILES string of the molecule is C[C@H]1CCC[C@H]([C@H]2OC[C@@H](N(C)C)CO2)[C@@H]2CC[C@H]2CN2CCCCc3cc(Cl)ccc3COc3ccc(cc32)C(=O)NS(=O)(=O)C1. The molecule has 2 aromatic carbocycles. The van der Waals surface area contributed by atoms with E-state index in [0.29, 0.717) is 43.0 Å². The van der Waals surface area contributed by atoms with Crippen molar-refractivity contribution in [2.75, 3.05) is 51.1 Å². The summed E-state index contributed by atoms with van der Waals surface area (Å²) in [5.74, 6) is 0.998. The van der Waals surface area contributed by atoms with Gasteiger partial charge in [-0.1, -0.05) is 31.0 Å². The van der Waals surface area contributed by atoms with Gasteiger partial charge in [0.05, 0.1) is 30.7 Å². The molecule has 1 saturated heterocycles. The molecule has 11 heteroatoms. The van der Waals surface area contributed by atoms with Crippen LogP contribution in [0.3, 0.4) is 0 Å². The van der Waals surface area contributed by atoms with Gasteiger partial charge in [0.25, 0.3) is 5.91 Å². The zero-order valence-corrected chi connectivity index (χ0v) is 29.5. The number of likely N-dealkylation sites (N-methyl/N-ethyl adjacent to an activating group) is 1. The monoisotopic (exact) mass is 687 g/mol. The molecule has 9 nitrogen and oxygen atoms in total. The van der Waals surface area contributed by atoms with E-state index in [4.69, 9.17) is 25.8 Å². The second-order valence-corrected chi connectivity index (χ2v) is 16.6. The summed E-state index contributed by atoms with van der Waals surface area (Å²) >= 11 is 6.36. The molecule has 1 N–H and O–H groups in total. The Bertz CT molecular complexity index is 1510. The first-order valence-electron chi connectivity index (χ1n) is 17.3. The summed E-state index contributed by atoms with van der Waals surface area (Å²) < 4.78 is 47.9. The number of carbonyl (C=O) groups is 1. The first kappa shape index (κ1) is 34.5. The molecule has 0 spiro atoms. The molecule has 258 valence electrons. The highest BCUT2D eigenvalue weighted by molar-refractivity contribution is 7.90. The number of anilines is 1. The van der Waals surface area contributed by atoms with Crippen LogP contribution in [0, 0.1) is 23.7 Å². The average molecular weight is 688 g/mol.